The molecular formula is C17H22N4O4S2. The highest BCUT2D eigenvalue weighted by Gasteiger charge is 2.31. The Balaban J connectivity index is 1.65. The maximum absolute atomic E-state index is 12.5. The second-order valence-corrected chi connectivity index (χ2v) is 9.46. The van der Waals surface area contributed by atoms with Crippen LogP contribution in [0.5, 0.6) is 5.75 Å². The maximum atomic E-state index is 12.5. The van der Waals surface area contributed by atoms with Crippen molar-refractivity contribution in [3.63, 3.8) is 0 Å². The fraction of sp³-hybridized carbons (Fsp3) is 0.471. The summed E-state index contributed by atoms with van der Waals surface area (Å²) in [6.45, 7) is 2.30. The van der Waals surface area contributed by atoms with Gasteiger partial charge in [-0.3, -0.25) is 4.79 Å². The van der Waals surface area contributed by atoms with Gasteiger partial charge in [-0.2, -0.15) is 0 Å². The van der Waals surface area contributed by atoms with Gasteiger partial charge in [-0.1, -0.05) is 11.3 Å². The van der Waals surface area contributed by atoms with Gasteiger partial charge < -0.3 is 10.1 Å². The normalized spacial score (nSPS) is 18.2. The molecule has 1 aromatic carbocycles. The van der Waals surface area contributed by atoms with Gasteiger partial charge >= 0.3 is 0 Å². The lowest BCUT2D eigenvalue weighted by molar-refractivity contribution is -0.120. The van der Waals surface area contributed by atoms with Gasteiger partial charge in [0.2, 0.25) is 21.1 Å². The summed E-state index contributed by atoms with van der Waals surface area (Å²) in [5.74, 6) is 0.195. The lowest BCUT2D eigenvalue weighted by Crippen LogP contribution is -2.44. The zero-order valence-electron chi connectivity index (χ0n) is 15.2. The molecule has 1 amide bonds. The third-order valence-corrected chi connectivity index (χ3v) is 7.24. The van der Waals surface area contributed by atoms with Crippen LogP contribution in [0, 0.1) is 5.92 Å². The molecule has 1 aliphatic rings. The summed E-state index contributed by atoms with van der Waals surface area (Å²) >= 11 is 1.28. The van der Waals surface area contributed by atoms with E-state index >= 15 is 0 Å². The predicted molar refractivity (Wildman–Crippen MR) is 104 cm³/mol. The van der Waals surface area contributed by atoms with E-state index in [0.717, 1.165) is 11.3 Å². The molecule has 8 nitrogen and oxygen atoms in total. The molecule has 1 aromatic heterocycles. The molecule has 0 radical (unpaired) electrons. The van der Waals surface area contributed by atoms with Crippen molar-refractivity contribution >= 4 is 32.4 Å². The van der Waals surface area contributed by atoms with Gasteiger partial charge in [0, 0.05) is 18.7 Å². The van der Waals surface area contributed by atoms with Gasteiger partial charge in [-0.15, -0.1) is 10.2 Å². The molecule has 10 heteroatoms. The van der Waals surface area contributed by atoms with Gasteiger partial charge in [0.25, 0.3) is 0 Å². The van der Waals surface area contributed by atoms with E-state index < -0.39 is 10.0 Å². The Morgan fingerprint density at radius 2 is 2.07 bits per heavy atom. The van der Waals surface area contributed by atoms with Crippen LogP contribution in [0.15, 0.2) is 24.3 Å². The first-order valence-electron chi connectivity index (χ1n) is 8.69. The Labute approximate surface area is 162 Å². The largest absolute Gasteiger partial charge is 0.497 e. The molecule has 1 atom stereocenters. The van der Waals surface area contributed by atoms with Crippen LogP contribution in [0.4, 0.5) is 5.13 Å². The van der Waals surface area contributed by atoms with E-state index in [1.807, 2.05) is 24.3 Å². The predicted octanol–water partition coefficient (Wildman–Crippen LogP) is 2.21. The first-order valence-corrected chi connectivity index (χ1v) is 11.1. The highest BCUT2D eigenvalue weighted by molar-refractivity contribution is 7.89. The monoisotopic (exact) mass is 410 g/mol. The lowest BCUT2D eigenvalue weighted by atomic mass is 9.99. The molecule has 1 fully saturated rings. The van der Waals surface area contributed by atoms with E-state index in [2.05, 4.69) is 15.5 Å². The van der Waals surface area contributed by atoms with Crippen LogP contribution in [0.1, 0.15) is 19.8 Å². The number of aromatic nitrogens is 2. The van der Waals surface area contributed by atoms with Crippen LogP contribution in [0.3, 0.4) is 0 Å². The number of benzene rings is 1. The summed E-state index contributed by atoms with van der Waals surface area (Å²) in [4.78, 5) is 12.5. The molecular weight excluding hydrogens is 388 g/mol. The maximum Gasteiger partial charge on any atom is 0.230 e. The van der Waals surface area contributed by atoms with Crippen molar-refractivity contribution in [2.75, 3.05) is 31.3 Å². The molecule has 0 spiro atoms. The quantitative estimate of drug-likeness (QED) is 0.783. The molecule has 1 saturated heterocycles. The minimum absolute atomic E-state index is 0.0446. The van der Waals surface area contributed by atoms with Crippen LogP contribution in [0.25, 0.3) is 10.6 Å². The average molecular weight is 411 g/mol. The number of sulfonamides is 1. The van der Waals surface area contributed by atoms with Gasteiger partial charge in [-0.05, 0) is 44.0 Å². The highest BCUT2D eigenvalue weighted by atomic mass is 32.2. The van der Waals surface area contributed by atoms with E-state index in [1.165, 1.54) is 15.6 Å². The van der Waals surface area contributed by atoms with E-state index in [1.54, 1.807) is 14.0 Å². The molecule has 0 bridgehead atoms. The number of amides is 1. The number of ether oxygens (including phenoxy) is 1. The van der Waals surface area contributed by atoms with Gasteiger partial charge in [0.15, 0.2) is 0 Å². The van der Waals surface area contributed by atoms with Crippen LogP contribution in [-0.2, 0) is 14.8 Å². The van der Waals surface area contributed by atoms with Crippen molar-refractivity contribution in [1.82, 2.24) is 14.5 Å². The number of piperidine rings is 1. The summed E-state index contributed by atoms with van der Waals surface area (Å²) in [6, 6.07) is 7.42. The number of carbonyl (C=O) groups is 1. The lowest BCUT2D eigenvalue weighted by Gasteiger charge is -2.30. The zero-order chi connectivity index (χ0) is 19.4. The van der Waals surface area contributed by atoms with Crippen molar-refractivity contribution < 1.29 is 17.9 Å². The molecule has 2 aromatic rings. The first-order chi connectivity index (χ1) is 12.9. The second kappa shape index (κ2) is 8.32. The standard InChI is InChI=1S/C17H22N4O4S2/c1-3-27(23,24)21-10-4-5-13(11-21)15(22)18-17-20-19-16(26-17)12-6-8-14(25-2)9-7-12/h6-9,13H,3-5,10-11H2,1-2H3,(H,18,20,22). The van der Waals surface area contributed by atoms with E-state index in [4.69, 9.17) is 4.74 Å². The summed E-state index contributed by atoms with van der Waals surface area (Å²) in [6.07, 6.45) is 1.33. The molecule has 146 valence electrons. The number of hydrogen-bond acceptors (Lipinski definition) is 7. The molecule has 1 aliphatic heterocycles. The second-order valence-electron chi connectivity index (χ2n) is 6.23. The number of nitrogens with one attached hydrogen (secondary N) is 1. The number of nitrogens with zero attached hydrogens (tertiary/aromatic N) is 3. The van der Waals surface area contributed by atoms with Crippen LogP contribution in [0.2, 0.25) is 0 Å². The average Bonchev–Trinajstić information content (AvgIpc) is 3.16. The molecule has 1 unspecified atom stereocenters. The van der Waals surface area contributed by atoms with Crippen molar-refractivity contribution in [3.8, 4) is 16.3 Å². The van der Waals surface area contributed by atoms with Crippen LogP contribution in [-0.4, -0.2) is 54.8 Å². The number of rotatable bonds is 6. The number of anilines is 1. The fourth-order valence-electron chi connectivity index (χ4n) is 2.92. The third-order valence-electron chi connectivity index (χ3n) is 4.51. The van der Waals surface area contributed by atoms with E-state index in [-0.39, 0.29) is 24.1 Å². The van der Waals surface area contributed by atoms with Crippen molar-refractivity contribution in [1.29, 1.82) is 0 Å². The Morgan fingerprint density at radius 3 is 2.74 bits per heavy atom. The molecule has 3 rings (SSSR count). The van der Waals surface area contributed by atoms with Gasteiger partial charge in [-0.25, -0.2) is 12.7 Å². The summed E-state index contributed by atoms with van der Waals surface area (Å²) in [7, 11) is -1.68. The zero-order valence-corrected chi connectivity index (χ0v) is 16.8. The smallest absolute Gasteiger partial charge is 0.230 e. The van der Waals surface area contributed by atoms with E-state index in [0.29, 0.717) is 29.5 Å². The Morgan fingerprint density at radius 1 is 1.33 bits per heavy atom. The molecule has 1 N–H and O–H groups in total. The molecule has 27 heavy (non-hydrogen) atoms. The SMILES string of the molecule is CCS(=O)(=O)N1CCCC(C(=O)Nc2nnc(-c3ccc(OC)cc3)s2)C1. The first kappa shape index (κ1) is 19.7. The van der Waals surface area contributed by atoms with Crippen LogP contribution < -0.4 is 10.1 Å². The van der Waals surface area contributed by atoms with Crippen molar-refractivity contribution in [3.05, 3.63) is 24.3 Å². The summed E-state index contributed by atoms with van der Waals surface area (Å²) in [5, 5.41) is 12.0. The third kappa shape index (κ3) is 4.63. The minimum atomic E-state index is -3.28. The number of hydrogen-bond donors (Lipinski definition) is 1. The van der Waals surface area contributed by atoms with Crippen molar-refractivity contribution in [2.45, 2.75) is 19.8 Å². The molecule has 0 saturated carbocycles. The molecule has 2 heterocycles. The molecule has 0 aliphatic carbocycles. The number of carbonyl (C=O) groups excluding carboxylic acids is 1. The van der Waals surface area contributed by atoms with Crippen molar-refractivity contribution in [2.24, 2.45) is 5.92 Å². The van der Waals surface area contributed by atoms with E-state index in [9.17, 15) is 13.2 Å². The topological polar surface area (TPSA) is 101 Å². The summed E-state index contributed by atoms with van der Waals surface area (Å²) < 4.78 is 30.6. The fourth-order valence-corrected chi connectivity index (χ4v) is 4.85. The minimum Gasteiger partial charge on any atom is -0.497 e. The summed E-state index contributed by atoms with van der Waals surface area (Å²) in [5.41, 5.74) is 0.881. The Bertz CT molecular complexity index is 896. The number of methoxy groups -OCH3 is 1. The Hall–Kier alpha value is -2.04. The highest BCUT2D eigenvalue weighted by Crippen LogP contribution is 2.28. The van der Waals surface area contributed by atoms with Crippen LogP contribution >= 0.6 is 11.3 Å². The van der Waals surface area contributed by atoms with Gasteiger partial charge in [0.05, 0.1) is 18.8 Å². The Kier molecular flexibility index (Phi) is 6.08. The van der Waals surface area contributed by atoms with Gasteiger partial charge in [0.1, 0.15) is 10.8 Å².